The number of carboxylic acid groups (broad SMARTS) is 1. The number of hydrogen-bond acceptors (Lipinski definition) is 3. The molecule has 2 rings (SSSR count). The van der Waals surface area contributed by atoms with E-state index in [4.69, 9.17) is 26.4 Å². The van der Waals surface area contributed by atoms with Crippen LogP contribution in [0.2, 0.25) is 0 Å². The van der Waals surface area contributed by atoms with Gasteiger partial charge in [-0.05, 0) is 74.8 Å². The summed E-state index contributed by atoms with van der Waals surface area (Å²) in [5, 5.41) is 8.66. The highest BCUT2D eigenvalue weighted by molar-refractivity contribution is 6.25. The van der Waals surface area contributed by atoms with Crippen molar-refractivity contribution in [3.8, 4) is 5.75 Å². The van der Waals surface area contributed by atoms with Crippen molar-refractivity contribution in [2.24, 2.45) is 5.92 Å². The number of hydrogen-bond donors (Lipinski definition) is 1. The average Bonchev–Trinajstić information content (AvgIpc) is 3.28. The van der Waals surface area contributed by atoms with Gasteiger partial charge in [-0.25, -0.2) is 4.98 Å². The first-order valence-corrected chi connectivity index (χ1v) is 12.7. The van der Waals surface area contributed by atoms with Crippen LogP contribution >= 0.6 is 11.6 Å². The van der Waals surface area contributed by atoms with Crippen molar-refractivity contribution in [3.63, 3.8) is 0 Å². The zero-order valence-electron chi connectivity index (χ0n) is 21.0. The third kappa shape index (κ3) is 10.4. The number of unbranched alkanes of at least 4 members (excludes halogenated alkanes) is 2. The fourth-order valence-corrected chi connectivity index (χ4v) is 3.64. The number of carboxylic acids is 1. The van der Waals surface area contributed by atoms with Gasteiger partial charge in [0.1, 0.15) is 11.6 Å². The number of benzene rings is 1. The predicted octanol–water partition coefficient (Wildman–Crippen LogP) is 7.84. The molecule has 1 aromatic heterocycles. The lowest BCUT2D eigenvalue weighted by molar-refractivity contribution is -0.137. The van der Waals surface area contributed by atoms with Gasteiger partial charge in [0.15, 0.2) is 0 Å². The fourth-order valence-electron chi connectivity index (χ4n) is 3.46. The number of ether oxygens (including phenoxy) is 1. The summed E-state index contributed by atoms with van der Waals surface area (Å²) in [5.74, 6) is 1.33. The van der Waals surface area contributed by atoms with Crippen LogP contribution in [0.5, 0.6) is 5.75 Å². The zero-order valence-corrected chi connectivity index (χ0v) is 21.7. The molecule has 0 aliphatic rings. The van der Waals surface area contributed by atoms with Gasteiger partial charge in [-0.15, -0.1) is 0 Å². The number of carbonyl (C=O) groups is 1. The molecule has 0 fully saturated rings. The molecule has 1 atom stereocenters. The number of aliphatic carboxylic acids is 1. The van der Waals surface area contributed by atoms with Crippen LogP contribution in [0.25, 0.3) is 17.7 Å². The Balaban J connectivity index is 1.95. The molecule has 6 heteroatoms. The lowest BCUT2D eigenvalue weighted by Gasteiger charge is -2.06. The van der Waals surface area contributed by atoms with E-state index in [-0.39, 0.29) is 6.42 Å². The van der Waals surface area contributed by atoms with Gasteiger partial charge in [-0.3, -0.25) is 4.79 Å². The Morgan fingerprint density at radius 3 is 2.57 bits per heavy atom. The number of nitrogens with zero attached hydrogens (tertiary/aromatic N) is 2. The van der Waals surface area contributed by atoms with E-state index in [9.17, 15) is 4.79 Å². The molecule has 188 valence electrons. The molecule has 1 heterocycles. The summed E-state index contributed by atoms with van der Waals surface area (Å²) in [7, 11) is 0. The van der Waals surface area contributed by atoms with Crippen molar-refractivity contribution < 1.29 is 14.6 Å². The first kappa shape index (κ1) is 28.2. The number of rotatable bonds is 15. The highest BCUT2D eigenvalue weighted by Gasteiger charge is 2.06. The maximum atomic E-state index is 10.5. The van der Waals surface area contributed by atoms with Gasteiger partial charge in [-0.2, -0.15) is 0 Å². The van der Waals surface area contributed by atoms with Gasteiger partial charge in [-0.1, -0.05) is 61.0 Å². The summed E-state index contributed by atoms with van der Waals surface area (Å²) in [6.07, 6.45) is 18.1. The molecule has 5 nitrogen and oxygen atoms in total. The van der Waals surface area contributed by atoms with Crippen molar-refractivity contribution in [3.05, 3.63) is 77.4 Å². The second-order valence-electron chi connectivity index (χ2n) is 8.35. The number of allylic oxidation sites excluding steroid dienone is 5. The summed E-state index contributed by atoms with van der Waals surface area (Å²) < 4.78 is 7.89. The lowest BCUT2D eigenvalue weighted by atomic mass is 10.1. The van der Waals surface area contributed by atoms with Crippen LogP contribution in [0, 0.1) is 5.92 Å². The molecule has 1 aromatic carbocycles. The summed E-state index contributed by atoms with van der Waals surface area (Å²) in [4.78, 5) is 15.4. The Hall–Kier alpha value is -3.05. The standard InChI is InChI=1S/C29H37ClN2O3/c1-4-24(19-20-30)11-9-10-23(3)27-22-32(5-2)28(31-27)18-15-25-13-16-26(17-14-25)35-21-8-6-7-12-29(33)34/h9-11,13-20,22,24H,4-8,12,21H2,1-3H3,(H,33,34)/b11-9?,18-15+,20-19+,23-10+. The van der Waals surface area contributed by atoms with Gasteiger partial charge >= 0.3 is 5.97 Å². The predicted molar refractivity (Wildman–Crippen MR) is 146 cm³/mol. The van der Waals surface area contributed by atoms with Crippen LogP contribution in [-0.4, -0.2) is 27.2 Å². The molecular weight excluding hydrogens is 460 g/mol. The van der Waals surface area contributed by atoms with Crippen molar-refractivity contribution in [2.75, 3.05) is 6.61 Å². The Morgan fingerprint density at radius 1 is 1.14 bits per heavy atom. The molecule has 1 unspecified atom stereocenters. The molecule has 0 saturated carbocycles. The topological polar surface area (TPSA) is 64.3 Å². The first-order valence-electron chi connectivity index (χ1n) is 12.3. The Kier molecular flexibility index (Phi) is 12.7. The Morgan fingerprint density at radius 2 is 1.91 bits per heavy atom. The molecule has 0 radical (unpaired) electrons. The largest absolute Gasteiger partial charge is 0.494 e. The summed E-state index contributed by atoms with van der Waals surface area (Å²) >= 11 is 5.70. The Bertz CT molecular complexity index is 1030. The van der Waals surface area contributed by atoms with Crippen LogP contribution in [-0.2, 0) is 11.3 Å². The number of aromatic nitrogens is 2. The minimum absolute atomic E-state index is 0.220. The van der Waals surface area contributed by atoms with Gasteiger partial charge < -0.3 is 14.4 Å². The number of imidazole rings is 1. The van der Waals surface area contributed by atoms with Gasteiger partial charge in [0, 0.05) is 24.7 Å². The number of halogens is 1. The van der Waals surface area contributed by atoms with E-state index >= 15 is 0 Å². The van der Waals surface area contributed by atoms with E-state index in [1.54, 1.807) is 5.54 Å². The minimum Gasteiger partial charge on any atom is -0.494 e. The van der Waals surface area contributed by atoms with Gasteiger partial charge in [0.05, 0.1) is 12.3 Å². The van der Waals surface area contributed by atoms with E-state index in [2.05, 4.69) is 55.8 Å². The smallest absolute Gasteiger partial charge is 0.303 e. The van der Waals surface area contributed by atoms with Crippen LogP contribution in [0.15, 0.2) is 60.3 Å². The van der Waals surface area contributed by atoms with E-state index in [0.717, 1.165) is 54.2 Å². The van der Waals surface area contributed by atoms with Gasteiger partial charge in [0.2, 0.25) is 0 Å². The van der Waals surface area contributed by atoms with Gasteiger partial charge in [0.25, 0.3) is 0 Å². The van der Waals surface area contributed by atoms with Crippen molar-refractivity contribution in [1.82, 2.24) is 9.55 Å². The Labute approximate surface area is 214 Å². The molecule has 2 aromatic rings. The van der Waals surface area contributed by atoms with Crippen LogP contribution in [0.4, 0.5) is 0 Å². The van der Waals surface area contributed by atoms with Crippen molar-refractivity contribution in [2.45, 2.75) is 59.4 Å². The molecule has 0 aliphatic heterocycles. The molecule has 0 spiro atoms. The van der Waals surface area contributed by atoms with E-state index in [1.807, 2.05) is 36.4 Å². The van der Waals surface area contributed by atoms with Crippen LogP contribution in [0.1, 0.15) is 70.0 Å². The van der Waals surface area contributed by atoms with Crippen LogP contribution in [0.3, 0.4) is 0 Å². The summed E-state index contributed by atoms with van der Waals surface area (Å²) in [5.41, 5.74) is 4.71. The highest BCUT2D eigenvalue weighted by atomic mass is 35.5. The molecule has 0 amide bonds. The minimum atomic E-state index is -0.743. The lowest BCUT2D eigenvalue weighted by Crippen LogP contribution is -1.99. The SMILES string of the molecule is CCC(C=C/C=C(\C)c1cn(CC)c(/C=C/c2ccc(OCCCCCC(=O)O)cc2)n1)/C=C/Cl. The maximum Gasteiger partial charge on any atom is 0.303 e. The molecule has 0 bridgehead atoms. The average molecular weight is 497 g/mol. The first-order chi connectivity index (χ1) is 17.0. The quantitative estimate of drug-likeness (QED) is 0.201. The number of aryl methyl sites for hydroxylation is 1. The molecule has 0 saturated heterocycles. The maximum absolute atomic E-state index is 10.5. The second-order valence-corrected chi connectivity index (χ2v) is 8.60. The fraction of sp³-hybridized carbons (Fsp3) is 0.379. The molecular formula is C29H37ClN2O3. The highest BCUT2D eigenvalue weighted by Crippen LogP contribution is 2.18. The third-order valence-corrected chi connectivity index (χ3v) is 5.80. The van der Waals surface area contributed by atoms with Crippen molar-refractivity contribution in [1.29, 1.82) is 0 Å². The zero-order chi connectivity index (χ0) is 25.5. The second kappa shape index (κ2) is 15.8. The summed E-state index contributed by atoms with van der Waals surface area (Å²) in [6, 6.07) is 7.95. The van der Waals surface area contributed by atoms with Crippen molar-refractivity contribution >= 4 is 35.3 Å². The monoisotopic (exact) mass is 496 g/mol. The third-order valence-electron chi connectivity index (χ3n) is 5.66. The normalized spacial score (nSPS) is 13.3. The van der Waals surface area contributed by atoms with Crippen LogP contribution < -0.4 is 4.74 Å². The summed E-state index contributed by atoms with van der Waals surface area (Å²) in [6.45, 7) is 7.75. The van der Waals surface area contributed by atoms with E-state index in [0.29, 0.717) is 18.9 Å². The molecule has 35 heavy (non-hydrogen) atoms. The molecule has 0 aliphatic carbocycles. The molecule has 1 N–H and O–H groups in total. The van der Waals surface area contributed by atoms with E-state index in [1.165, 1.54) is 0 Å². The van der Waals surface area contributed by atoms with E-state index < -0.39 is 5.97 Å².